The van der Waals surface area contributed by atoms with Crippen molar-refractivity contribution < 1.29 is 4.65 Å². The Bertz CT molecular complexity index is 759. The van der Waals surface area contributed by atoms with Gasteiger partial charge in [0.2, 0.25) is 0 Å². The molecule has 2 aromatic rings. The van der Waals surface area contributed by atoms with Crippen LogP contribution in [-0.2, 0) is 5.41 Å². The molecule has 136 valence electrons. The van der Waals surface area contributed by atoms with E-state index < -0.39 is 0 Å². The number of nitrogens with zero attached hydrogens (tertiary/aromatic N) is 1. The Labute approximate surface area is 160 Å². The van der Waals surface area contributed by atoms with Crippen LogP contribution in [-0.4, -0.2) is 14.3 Å². The van der Waals surface area contributed by atoms with Gasteiger partial charge in [0.1, 0.15) is 5.75 Å². The van der Waals surface area contributed by atoms with E-state index in [0.717, 1.165) is 11.3 Å². The maximum Gasteiger partial charge on any atom is 0.374 e. The SMILES string of the molecule is [B]Oc1ccc(C(C)(C)C)cc1C=Nc1c(C(C)C)cccc1C(C)C. The third kappa shape index (κ3) is 4.57. The quantitative estimate of drug-likeness (QED) is 0.450. The number of para-hydroxylation sites is 1. The molecule has 3 heteroatoms. The standard InChI is InChI=1S/C23H30BNO/c1-15(2)19-9-8-10-20(16(3)4)22(19)25-14-17-13-18(23(5,6)7)11-12-21(17)26-24/h8-16H,1-7H3. The van der Waals surface area contributed by atoms with Gasteiger partial charge >= 0.3 is 8.05 Å². The third-order valence-corrected chi connectivity index (χ3v) is 4.68. The summed E-state index contributed by atoms with van der Waals surface area (Å²) in [7, 11) is 5.47. The molecule has 0 saturated heterocycles. The predicted octanol–water partition coefficient (Wildman–Crippen LogP) is 6.44. The van der Waals surface area contributed by atoms with Crippen molar-refractivity contribution in [1.29, 1.82) is 0 Å². The summed E-state index contributed by atoms with van der Waals surface area (Å²) < 4.78 is 5.07. The first-order chi connectivity index (χ1) is 12.1. The van der Waals surface area contributed by atoms with Gasteiger partial charge in [-0.1, -0.05) is 72.7 Å². The Morgan fingerprint density at radius 2 is 1.54 bits per heavy atom. The van der Waals surface area contributed by atoms with Crippen LogP contribution in [0.1, 0.15) is 82.6 Å². The second-order valence-corrected chi connectivity index (χ2v) is 8.47. The van der Waals surface area contributed by atoms with Gasteiger partial charge in [-0.3, -0.25) is 4.99 Å². The Morgan fingerprint density at radius 3 is 2.00 bits per heavy atom. The van der Waals surface area contributed by atoms with Gasteiger partial charge < -0.3 is 4.65 Å². The van der Waals surface area contributed by atoms with Crippen LogP contribution in [0.3, 0.4) is 0 Å². The minimum Gasteiger partial charge on any atom is -0.567 e. The largest absolute Gasteiger partial charge is 0.567 e. The van der Waals surface area contributed by atoms with E-state index in [1.54, 1.807) is 0 Å². The molecule has 0 aliphatic rings. The summed E-state index contributed by atoms with van der Waals surface area (Å²) in [5, 5.41) is 0. The van der Waals surface area contributed by atoms with Crippen LogP contribution >= 0.6 is 0 Å². The molecule has 0 aliphatic carbocycles. The fourth-order valence-corrected chi connectivity index (χ4v) is 3.02. The van der Waals surface area contributed by atoms with Gasteiger partial charge in [0.05, 0.1) is 5.69 Å². The Balaban J connectivity index is 2.57. The van der Waals surface area contributed by atoms with Crippen LogP contribution in [0.5, 0.6) is 5.75 Å². The molecule has 0 bridgehead atoms. The summed E-state index contributed by atoms with van der Waals surface area (Å²) in [5.41, 5.74) is 5.74. The zero-order valence-corrected chi connectivity index (χ0v) is 17.1. The van der Waals surface area contributed by atoms with Crippen LogP contribution in [0.4, 0.5) is 5.69 Å². The number of hydrogen-bond donors (Lipinski definition) is 0. The fraction of sp³-hybridized carbons (Fsp3) is 0.435. The average molecular weight is 347 g/mol. The van der Waals surface area contributed by atoms with Gasteiger partial charge in [0.25, 0.3) is 0 Å². The molecule has 2 nitrogen and oxygen atoms in total. The summed E-state index contributed by atoms with van der Waals surface area (Å²) in [6, 6.07) is 12.5. The molecular weight excluding hydrogens is 317 g/mol. The smallest absolute Gasteiger partial charge is 0.374 e. The number of rotatable bonds is 5. The van der Waals surface area contributed by atoms with E-state index in [1.807, 2.05) is 12.3 Å². The second-order valence-electron chi connectivity index (χ2n) is 8.47. The molecule has 0 atom stereocenters. The van der Waals surface area contributed by atoms with Gasteiger partial charge in [-0.2, -0.15) is 0 Å². The molecule has 0 amide bonds. The molecule has 26 heavy (non-hydrogen) atoms. The first kappa shape index (κ1) is 20.3. The number of hydrogen-bond acceptors (Lipinski definition) is 2. The monoisotopic (exact) mass is 347 g/mol. The second kappa shape index (κ2) is 8.12. The van der Waals surface area contributed by atoms with Crippen molar-refractivity contribution >= 4 is 20.0 Å². The van der Waals surface area contributed by atoms with Crippen LogP contribution in [0.25, 0.3) is 0 Å². The van der Waals surface area contributed by atoms with E-state index >= 15 is 0 Å². The maximum absolute atomic E-state index is 5.47. The molecule has 0 saturated carbocycles. The zero-order chi connectivity index (χ0) is 19.5. The van der Waals surface area contributed by atoms with Gasteiger partial charge in [0.15, 0.2) is 0 Å². The highest BCUT2D eigenvalue weighted by Gasteiger charge is 2.16. The molecule has 2 aromatic carbocycles. The Kier molecular flexibility index (Phi) is 6.33. The molecule has 0 aliphatic heterocycles. The van der Waals surface area contributed by atoms with Crippen molar-refractivity contribution in [2.75, 3.05) is 0 Å². The van der Waals surface area contributed by atoms with E-state index in [1.165, 1.54) is 16.7 Å². The third-order valence-electron chi connectivity index (χ3n) is 4.68. The van der Waals surface area contributed by atoms with Gasteiger partial charge in [-0.05, 0) is 46.1 Å². The van der Waals surface area contributed by atoms with E-state index in [2.05, 4.69) is 78.8 Å². The lowest BCUT2D eigenvalue weighted by Gasteiger charge is -2.20. The highest BCUT2D eigenvalue weighted by Crippen LogP contribution is 2.35. The van der Waals surface area contributed by atoms with Crippen molar-refractivity contribution in [2.24, 2.45) is 4.99 Å². The lowest BCUT2D eigenvalue weighted by molar-refractivity contribution is 0.583. The van der Waals surface area contributed by atoms with E-state index in [4.69, 9.17) is 17.7 Å². The van der Waals surface area contributed by atoms with Crippen LogP contribution < -0.4 is 4.65 Å². The maximum atomic E-state index is 5.47. The number of aliphatic imine (C=N–C) groups is 1. The highest BCUT2D eigenvalue weighted by molar-refractivity contribution is 6.01. The van der Waals surface area contributed by atoms with Crippen molar-refractivity contribution in [1.82, 2.24) is 0 Å². The van der Waals surface area contributed by atoms with Gasteiger partial charge in [0, 0.05) is 11.8 Å². The lowest BCUT2D eigenvalue weighted by Crippen LogP contribution is -2.11. The minimum absolute atomic E-state index is 0.0502. The Morgan fingerprint density at radius 1 is 0.962 bits per heavy atom. The predicted molar refractivity (Wildman–Crippen MR) is 113 cm³/mol. The highest BCUT2D eigenvalue weighted by atomic mass is 16.4. The molecule has 0 aromatic heterocycles. The molecule has 0 N–H and O–H groups in total. The molecule has 0 fully saturated rings. The van der Waals surface area contributed by atoms with Crippen molar-refractivity contribution in [3.8, 4) is 5.75 Å². The fourth-order valence-electron chi connectivity index (χ4n) is 3.02. The van der Waals surface area contributed by atoms with Crippen molar-refractivity contribution in [3.05, 3.63) is 58.7 Å². The molecule has 0 heterocycles. The lowest BCUT2D eigenvalue weighted by atomic mass is 9.86. The summed E-state index contributed by atoms with van der Waals surface area (Å²) in [5.74, 6) is 1.45. The van der Waals surface area contributed by atoms with Gasteiger partial charge in [-0.15, -0.1) is 0 Å². The number of benzene rings is 2. The van der Waals surface area contributed by atoms with E-state index in [-0.39, 0.29) is 5.41 Å². The molecular formula is C23H30BNO. The topological polar surface area (TPSA) is 21.6 Å². The van der Waals surface area contributed by atoms with E-state index in [9.17, 15) is 0 Å². The summed E-state index contributed by atoms with van der Waals surface area (Å²) in [4.78, 5) is 4.89. The summed E-state index contributed by atoms with van der Waals surface area (Å²) >= 11 is 0. The average Bonchev–Trinajstić information content (AvgIpc) is 2.58. The van der Waals surface area contributed by atoms with E-state index in [0.29, 0.717) is 17.6 Å². The molecule has 2 rings (SSSR count). The van der Waals surface area contributed by atoms with Crippen LogP contribution in [0, 0.1) is 0 Å². The first-order valence-electron chi connectivity index (χ1n) is 9.33. The molecule has 2 radical (unpaired) electrons. The summed E-state index contributed by atoms with van der Waals surface area (Å²) in [6.07, 6.45) is 1.88. The van der Waals surface area contributed by atoms with Crippen LogP contribution in [0.15, 0.2) is 41.4 Å². The Hall–Kier alpha value is -2.03. The minimum atomic E-state index is 0.0502. The zero-order valence-electron chi connectivity index (χ0n) is 17.1. The van der Waals surface area contributed by atoms with Crippen molar-refractivity contribution in [2.45, 2.75) is 65.7 Å². The molecule has 0 unspecified atom stereocenters. The van der Waals surface area contributed by atoms with Crippen molar-refractivity contribution in [3.63, 3.8) is 0 Å². The van der Waals surface area contributed by atoms with Crippen LogP contribution in [0.2, 0.25) is 0 Å². The summed E-state index contributed by atoms with van der Waals surface area (Å²) in [6.45, 7) is 15.4. The first-order valence-corrected chi connectivity index (χ1v) is 9.33. The normalized spacial score (nSPS) is 12.3. The van der Waals surface area contributed by atoms with Gasteiger partial charge in [-0.25, -0.2) is 0 Å². The molecule has 0 spiro atoms.